The van der Waals surface area contributed by atoms with Crippen molar-refractivity contribution in [3.8, 4) is 0 Å². The zero-order chi connectivity index (χ0) is 8.72. The van der Waals surface area contributed by atoms with Gasteiger partial charge in [-0.15, -0.1) is 5.10 Å². The molecule has 0 aliphatic heterocycles. The first-order valence-corrected chi connectivity index (χ1v) is 3.67. The van der Waals surface area contributed by atoms with Crippen LogP contribution in [0, 0.1) is 6.92 Å². The van der Waals surface area contributed by atoms with Gasteiger partial charge in [-0.2, -0.15) is 9.61 Å². The Kier molecular flexibility index (Phi) is 1.41. The fourth-order valence-electron chi connectivity index (χ4n) is 0.914. The Morgan fingerprint density at radius 1 is 1.67 bits per heavy atom. The van der Waals surface area contributed by atoms with Gasteiger partial charge in [0.25, 0.3) is 0 Å². The summed E-state index contributed by atoms with van der Waals surface area (Å²) in [6.45, 7) is 1.80. The minimum atomic E-state index is -0.383. The smallest absolute Gasteiger partial charge is 0.244 e. The molecular formula is C6H5ClN4O. The monoisotopic (exact) mass is 184 g/mol. The Labute approximate surface area is 72.0 Å². The topological polar surface area (TPSA) is 63.0 Å². The van der Waals surface area contributed by atoms with Crippen LogP contribution in [0.4, 0.5) is 0 Å². The van der Waals surface area contributed by atoms with Crippen molar-refractivity contribution in [1.29, 1.82) is 0 Å². The SMILES string of the molecule is Cc1cc2n[nH]c(=O)n2nc1Cl. The molecule has 2 heterocycles. The maximum absolute atomic E-state index is 11.0. The zero-order valence-corrected chi connectivity index (χ0v) is 6.96. The minimum absolute atomic E-state index is 0.311. The molecule has 0 amide bonds. The lowest BCUT2D eigenvalue weighted by atomic mass is 10.3. The van der Waals surface area contributed by atoms with Crippen molar-refractivity contribution in [3.63, 3.8) is 0 Å². The van der Waals surface area contributed by atoms with E-state index in [-0.39, 0.29) is 5.69 Å². The van der Waals surface area contributed by atoms with E-state index in [0.717, 1.165) is 10.1 Å². The van der Waals surface area contributed by atoms with Crippen molar-refractivity contribution >= 4 is 17.2 Å². The van der Waals surface area contributed by atoms with Gasteiger partial charge in [0.15, 0.2) is 10.8 Å². The molecule has 6 heteroatoms. The van der Waals surface area contributed by atoms with Crippen molar-refractivity contribution in [2.75, 3.05) is 0 Å². The molecule has 0 bridgehead atoms. The number of aryl methyl sites for hydroxylation is 1. The zero-order valence-electron chi connectivity index (χ0n) is 6.21. The van der Waals surface area contributed by atoms with Crippen LogP contribution in [0.25, 0.3) is 5.65 Å². The van der Waals surface area contributed by atoms with Gasteiger partial charge in [0, 0.05) is 0 Å². The van der Waals surface area contributed by atoms with Crippen molar-refractivity contribution in [2.24, 2.45) is 0 Å². The Balaban J connectivity index is 2.97. The Hall–Kier alpha value is -1.36. The van der Waals surface area contributed by atoms with Gasteiger partial charge in [-0.3, -0.25) is 0 Å². The first kappa shape index (κ1) is 7.30. The van der Waals surface area contributed by atoms with Crippen molar-refractivity contribution in [2.45, 2.75) is 6.92 Å². The average Bonchev–Trinajstić information content (AvgIpc) is 2.35. The molecule has 0 radical (unpaired) electrons. The number of rotatable bonds is 0. The van der Waals surface area contributed by atoms with Gasteiger partial charge in [0.1, 0.15) is 0 Å². The molecule has 0 saturated carbocycles. The molecule has 0 fully saturated rings. The van der Waals surface area contributed by atoms with Crippen LogP contribution in [-0.2, 0) is 0 Å². The summed E-state index contributed by atoms with van der Waals surface area (Å²) in [6.07, 6.45) is 0. The predicted octanol–water partition coefficient (Wildman–Crippen LogP) is 0.379. The molecule has 0 aliphatic rings. The number of aromatic nitrogens is 4. The standard InChI is InChI=1S/C6H5ClN4O/c1-3-2-4-8-9-6(12)11(4)10-5(3)7/h2H,1H3,(H,9,12). The van der Waals surface area contributed by atoms with Crippen LogP contribution >= 0.6 is 11.6 Å². The number of hydrogen-bond acceptors (Lipinski definition) is 3. The van der Waals surface area contributed by atoms with Crippen LogP contribution in [0.3, 0.4) is 0 Å². The van der Waals surface area contributed by atoms with E-state index in [9.17, 15) is 4.79 Å². The molecule has 12 heavy (non-hydrogen) atoms. The van der Waals surface area contributed by atoms with Gasteiger partial charge in [0.05, 0.1) is 0 Å². The third kappa shape index (κ3) is 0.902. The Morgan fingerprint density at radius 2 is 2.42 bits per heavy atom. The quantitative estimate of drug-likeness (QED) is 0.644. The van der Waals surface area contributed by atoms with E-state index in [0.29, 0.717) is 10.8 Å². The molecule has 5 nitrogen and oxygen atoms in total. The number of nitrogens with zero attached hydrogens (tertiary/aromatic N) is 3. The molecule has 0 aliphatic carbocycles. The molecule has 0 aromatic carbocycles. The summed E-state index contributed by atoms with van der Waals surface area (Å²) < 4.78 is 1.12. The van der Waals surface area contributed by atoms with E-state index < -0.39 is 0 Å². The summed E-state index contributed by atoms with van der Waals surface area (Å²) in [5, 5.41) is 10.1. The minimum Gasteiger partial charge on any atom is -0.244 e. The van der Waals surface area contributed by atoms with E-state index in [4.69, 9.17) is 11.6 Å². The highest BCUT2D eigenvalue weighted by molar-refractivity contribution is 6.30. The summed E-state index contributed by atoms with van der Waals surface area (Å²) in [5.74, 6) is 0. The highest BCUT2D eigenvalue weighted by atomic mass is 35.5. The van der Waals surface area contributed by atoms with Gasteiger partial charge < -0.3 is 0 Å². The lowest BCUT2D eigenvalue weighted by Crippen LogP contribution is -2.12. The van der Waals surface area contributed by atoms with Gasteiger partial charge in [0.2, 0.25) is 0 Å². The van der Waals surface area contributed by atoms with Crippen molar-refractivity contribution in [3.05, 3.63) is 27.3 Å². The summed E-state index contributed by atoms with van der Waals surface area (Å²) in [4.78, 5) is 11.0. The van der Waals surface area contributed by atoms with Crippen LogP contribution in [0.15, 0.2) is 10.9 Å². The molecule has 62 valence electrons. The fourth-order valence-corrected chi connectivity index (χ4v) is 1.04. The Bertz CT molecular complexity index is 486. The summed E-state index contributed by atoms with van der Waals surface area (Å²) >= 11 is 5.70. The molecule has 2 aromatic rings. The molecule has 2 rings (SSSR count). The van der Waals surface area contributed by atoms with E-state index >= 15 is 0 Å². The molecule has 1 N–H and O–H groups in total. The lowest BCUT2D eigenvalue weighted by molar-refractivity contribution is 0.874. The van der Waals surface area contributed by atoms with E-state index in [1.54, 1.807) is 13.0 Å². The highest BCUT2D eigenvalue weighted by Crippen LogP contribution is 2.10. The third-order valence-electron chi connectivity index (χ3n) is 1.53. The summed E-state index contributed by atoms with van der Waals surface area (Å²) in [7, 11) is 0. The second-order valence-electron chi connectivity index (χ2n) is 2.42. The number of nitrogens with one attached hydrogen (secondary N) is 1. The normalized spacial score (nSPS) is 10.8. The largest absolute Gasteiger partial charge is 0.364 e. The number of fused-ring (bicyclic) bond motifs is 1. The van der Waals surface area contributed by atoms with Crippen molar-refractivity contribution < 1.29 is 0 Å². The van der Waals surface area contributed by atoms with Gasteiger partial charge >= 0.3 is 5.69 Å². The molecule has 0 saturated heterocycles. The van der Waals surface area contributed by atoms with Crippen LogP contribution in [0.2, 0.25) is 5.15 Å². The van der Waals surface area contributed by atoms with Crippen molar-refractivity contribution in [1.82, 2.24) is 19.8 Å². The fraction of sp³-hybridized carbons (Fsp3) is 0.167. The maximum atomic E-state index is 11.0. The second-order valence-corrected chi connectivity index (χ2v) is 2.77. The Morgan fingerprint density at radius 3 is 3.17 bits per heavy atom. The molecule has 0 spiro atoms. The van der Waals surface area contributed by atoms with Crippen LogP contribution < -0.4 is 5.69 Å². The number of hydrogen-bond donors (Lipinski definition) is 1. The van der Waals surface area contributed by atoms with Crippen LogP contribution in [0.1, 0.15) is 5.56 Å². The summed E-state index contributed by atoms with van der Waals surface area (Å²) in [6, 6.07) is 1.69. The predicted molar refractivity (Wildman–Crippen MR) is 43.4 cm³/mol. The van der Waals surface area contributed by atoms with Crippen LogP contribution in [-0.4, -0.2) is 19.8 Å². The average molecular weight is 185 g/mol. The second kappa shape index (κ2) is 2.31. The number of H-pyrrole nitrogens is 1. The number of halogens is 1. The summed E-state index contributed by atoms with van der Waals surface area (Å²) in [5.41, 5.74) is 0.886. The van der Waals surface area contributed by atoms with Gasteiger partial charge in [-0.25, -0.2) is 9.89 Å². The molecule has 0 atom stereocenters. The van der Waals surface area contributed by atoms with Gasteiger partial charge in [-0.1, -0.05) is 11.6 Å². The maximum Gasteiger partial charge on any atom is 0.364 e. The molecule has 0 unspecified atom stereocenters. The molecular weight excluding hydrogens is 180 g/mol. The highest BCUT2D eigenvalue weighted by Gasteiger charge is 2.03. The molecule has 2 aromatic heterocycles. The van der Waals surface area contributed by atoms with Gasteiger partial charge in [-0.05, 0) is 18.6 Å². The lowest BCUT2D eigenvalue weighted by Gasteiger charge is -1.94. The first-order chi connectivity index (χ1) is 5.68. The van der Waals surface area contributed by atoms with E-state index in [2.05, 4.69) is 15.3 Å². The van der Waals surface area contributed by atoms with Crippen LogP contribution in [0.5, 0.6) is 0 Å². The van der Waals surface area contributed by atoms with E-state index in [1.165, 1.54) is 0 Å². The number of aromatic amines is 1. The third-order valence-corrected chi connectivity index (χ3v) is 1.91. The van der Waals surface area contributed by atoms with E-state index in [1.807, 2.05) is 0 Å². The first-order valence-electron chi connectivity index (χ1n) is 3.29.